The van der Waals surface area contributed by atoms with Crippen molar-refractivity contribution in [3.63, 3.8) is 0 Å². The van der Waals surface area contributed by atoms with Crippen molar-refractivity contribution in [3.05, 3.63) is 41.4 Å². The second kappa shape index (κ2) is 6.57. The molecule has 0 bridgehead atoms. The fourth-order valence-corrected chi connectivity index (χ4v) is 2.89. The number of hydrogen-bond donors (Lipinski definition) is 2. The zero-order valence-corrected chi connectivity index (χ0v) is 12.9. The van der Waals surface area contributed by atoms with Crippen LogP contribution in [0.4, 0.5) is 10.8 Å². The molecule has 2 N–H and O–H groups in total. The molecule has 0 spiro atoms. The maximum absolute atomic E-state index is 12.0. The molecule has 1 aliphatic heterocycles. The molecule has 0 saturated heterocycles. The third-order valence-electron chi connectivity index (χ3n) is 3.41. The number of benzene rings is 1. The molecule has 1 aromatic heterocycles. The smallest absolute Gasteiger partial charge is 0.315 e. The molecule has 8 heteroatoms. The average Bonchev–Trinajstić information content (AvgIpc) is 3.15. The van der Waals surface area contributed by atoms with Crippen molar-refractivity contribution in [1.29, 1.82) is 0 Å². The van der Waals surface area contributed by atoms with Gasteiger partial charge >= 0.3 is 11.8 Å². The number of para-hydroxylation sites is 1. The highest BCUT2D eigenvalue weighted by molar-refractivity contribution is 7.13. The van der Waals surface area contributed by atoms with E-state index in [0.717, 1.165) is 11.3 Å². The van der Waals surface area contributed by atoms with Gasteiger partial charge in [-0.1, -0.05) is 18.2 Å². The van der Waals surface area contributed by atoms with Gasteiger partial charge in [0.25, 0.3) is 0 Å². The summed E-state index contributed by atoms with van der Waals surface area (Å²) in [5, 5.41) is 6.97. The second-order valence-electron chi connectivity index (χ2n) is 4.90. The van der Waals surface area contributed by atoms with Crippen LogP contribution in [-0.4, -0.2) is 35.8 Å². The Morgan fingerprint density at radius 3 is 2.87 bits per heavy atom. The first kappa shape index (κ1) is 15.2. The van der Waals surface area contributed by atoms with Crippen LogP contribution in [-0.2, 0) is 20.8 Å². The normalized spacial score (nSPS) is 12.9. The van der Waals surface area contributed by atoms with Gasteiger partial charge in [-0.15, -0.1) is 11.3 Å². The van der Waals surface area contributed by atoms with Crippen molar-refractivity contribution in [2.75, 3.05) is 23.3 Å². The summed E-state index contributed by atoms with van der Waals surface area (Å²) in [4.78, 5) is 40.9. The van der Waals surface area contributed by atoms with Gasteiger partial charge < -0.3 is 10.2 Å². The van der Waals surface area contributed by atoms with E-state index in [1.807, 2.05) is 24.3 Å². The van der Waals surface area contributed by atoms with E-state index in [-0.39, 0.29) is 12.5 Å². The van der Waals surface area contributed by atoms with E-state index in [4.69, 9.17) is 0 Å². The molecule has 0 radical (unpaired) electrons. The van der Waals surface area contributed by atoms with E-state index < -0.39 is 11.8 Å². The number of nitrogens with zero attached hydrogens (tertiary/aromatic N) is 2. The van der Waals surface area contributed by atoms with E-state index in [1.165, 1.54) is 17.5 Å². The number of rotatable bonds is 4. The summed E-state index contributed by atoms with van der Waals surface area (Å²) in [5.74, 6) is -1.53. The third kappa shape index (κ3) is 3.37. The molecule has 1 aliphatic rings. The number of carbonyl (C=O) groups is 3. The lowest BCUT2D eigenvalue weighted by Crippen LogP contribution is -2.41. The highest BCUT2D eigenvalue weighted by Crippen LogP contribution is 2.27. The molecule has 3 rings (SSSR count). The minimum atomic E-state index is -0.770. The van der Waals surface area contributed by atoms with Crippen LogP contribution in [0.25, 0.3) is 0 Å². The molecule has 2 aromatic rings. The van der Waals surface area contributed by atoms with Gasteiger partial charge in [0.1, 0.15) is 0 Å². The Morgan fingerprint density at radius 2 is 2.09 bits per heavy atom. The van der Waals surface area contributed by atoms with Crippen molar-refractivity contribution in [2.45, 2.75) is 6.42 Å². The molecule has 7 nitrogen and oxygen atoms in total. The van der Waals surface area contributed by atoms with E-state index in [0.29, 0.717) is 18.1 Å². The van der Waals surface area contributed by atoms with Crippen LogP contribution in [0, 0.1) is 0 Å². The number of anilines is 2. The quantitative estimate of drug-likeness (QED) is 0.811. The molecule has 0 saturated carbocycles. The number of fused-ring (bicyclic) bond motifs is 1. The number of aromatic nitrogens is 1. The molecule has 23 heavy (non-hydrogen) atoms. The summed E-state index contributed by atoms with van der Waals surface area (Å²) in [6, 6.07) is 7.54. The first-order valence-electron chi connectivity index (χ1n) is 7.02. The minimum absolute atomic E-state index is 0.00677. The monoisotopic (exact) mass is 330 g/mol. The molecule has 0 aliphatic carbocycles. The van der Waals surface area contributed by atoms with Gasteiger partial charge in [0.05, 0.1) is 6.42 Å². The molecule has 1 aromatic carbocycles. The molecule has 0 fully saturated rings. The molecule has 0 unspecified atom stereocenters. The van der Waals surface area contributed by atoms with E-state index in [9.17, 15) is 14.4 Å². The van der Waals surface area contributed by atoms with Crippen LogP contribution in [0.5, 0.6) is 0 Å². The SMILES string of the molecule is O=C(NCCN1C(=O)Cc2ccccc21)C(=O)Nc1nccs1. The number of amides is 3. The Labute approximate surface area is 136 Å². The number of carbonyl (C=O) groups excluding carboxylic acids is 3. The van der Waals surface area contributed by atoms with Crippen LogP contribution in [0.3, 0.4) is 0 Å². The van der Waals surface area contributed by atoms with Crippen LogP contribution in [0.15, 0.2) is 35.8 Å². The number of hydrogen-bond acceptors (Lipinski definition) is 5. The molecular formula is C15H14N4O3S. The van der Waals surface area contributed by atoms with Crippen molar-refractivity contribution >= 4 is 39.9 Å². The highest BCUT2D eigenvalue weighted by Gasteiger charge is 2.26. The van der Waals surface area contributed by atoms with Gasteiger partial charge in [-0.25, -0.2) is 4.98 Å². The zero-order chi connectivity index (χ0) is 16.2. The van der Waals surface area contributed by atoms with Crippen LogP contribution < -0.4 is 15.5 Å². The van der Waals surface area contributed by atoms with E-state index in [1.54, 1.807) is 10.3 Å². The Bertz CT molecular complexity index is 745. The topological polar surface area (TPSA) is 91.4 Å². The summed E-state index contributed by atoms with van der Waals surface area (Å²) >= 11 is 1.23. The van der Waals surface area contributed by atoms with E-state index >= 15 is 0 Å². The Morgan fingerprint density at radius 1 is 1.26 bits per heavy atom. The largest absolute Gasteiger partial charge is 0.346 e. The van der Waals surface area contributed by atoms with Gasteiger partial charge in [-0.05, 0) is 11.6 Å². The lowest BCUT2D eigenvalue weighted by atomic mass is 10.2. The Balaban J connectivity index is 1.50. The lowest BCUT2D eigenvalue weighted by molar-refractivity contribution is -0.136. The predicted molar refractivity (Wildman–Crippen MR) is 86.3 cm³/mol. The molecule has 3 amide bonds. The number of thiazole rings is 1. The lowest BCUT2D eigenvalue weighted by Gasteiger charge is -2.17. The van der Waals surface area contributed by atoms with Gasteiger partial charge in [0, 0.05) is 30.4 Å². The van der Waals surface area contributed by atoms with E-state index in [2.05, 4.69) is 15.6 Å². The highest BCUT2D eigenvalue weighted by atomic mass is 32.1. The Kier molecular flexibility index (Phi) is 4.33. The molecule has 118 valence electrons. The van der Waals surface area contributed by atoms with Gasteiger partial charge in [0.2, 0.25) is 5.91 Å². The second-order valence-corrected chi connectivity index (χ2v) is 5.79. The molecular weight excluding hydrogens is 316 g/mol. The first-order chi connectivity index (χ1) is 11.1. The average molecular weight is 330 g/mol. The third-order valence-corrected chi connectivity index (χ3v) is 4.09. The van der Waals surface area contributed by atoms with Crippen molar-refractivity contribution < 1.29 is 14.4 Å². The standard InChI is InChI=1S/C15H14N4O3S/c20-12-9-10-3-1-2-4-11(10)19(12)7-5-16-13(21)14(22)18-15-17-6-8-23-15/h1-4,6,8H,5,7,9H2,(H,16,21)(H,17,18,22). The number of nitrogens with one attached hydrogen (secondary N) is 2. The summed E-state index contributed by atoms with van der Waals surface area (Å²) in [6.07, 6.45) is 1.91. The minimum Gasteiger partial charge on any atom is -0.346 e. The molecule has 0 atom stereocenters. The maximum atomic E-state index is 12.0. The first-order valence-corrected chi connectivity index (χ1v) is 7.90. The summed E-state index contributed by atoms with van der Waals surface area (Å²) in [6.45, 7) is 0.524. The van der Waals surface area contributed by atoms with Crippen molar-refractivity contribution in [2.24, 2.45) is 0 Å². The summed E-state index contributed by atoms with van der Waals surface area (Å²) in [7, 11) is 0. The fraction of sp³-hybridized carbons (Fsp3) is 0.200. The Hall–Kier alpha value is -2.74. The summed E-state index contributed by atoms with van der Waals surface area (Å²) in [5.41, 5.74) is 1.84. The fourth-order valence-electron chi connectivity index (χ4n) is 2.36. The predicted octanol–water partition coefficient (Wildman–Crippen LogP) is 0.787. The van der Waals surface area contributed by atoms with Crippen LogP contribution in [0.1, 0.15) is 5.56 Å². The molecule has 2 heterocycles. The van der Waals surface area contributed by atoms with Crippen molar-refractivity contribution in [3.8, 4) is 0 Å². The van der Waals surface area contributed by atoms with Crippen LogP contribution >= 0.6 is 11.3 Å². The maximum Gasteiger partial charge on any atom is 0.315 e. The van der Waals surface area contributed by atoms with Crippen molar-refractivity contribution in [1.82, 2.24) is 10.3 Å². The summed E-state index contributed by atoms with van der Waals surface area (Å²) < 4.78 is 0. The zero-order valence-electron chi connectivity index (χ0n) is 12.1. The van der Waals surface area contributed by atoms with Gasteiger partial charge in [-0.2, -0.15) is 0 Å². The van der Waals surface area contributed by atoms with Gasteiger partial charge in [0.15, 0.2) is 5.13 Å². The van der Waals surface area contributed by atoms with Gasteiger partial charge in [-0.3, -0.25) is 19.7 Å². The van der Waals surface area contributed by atoms with Crippen LogP contribution in [0.2, 0.25) is 0 Å².